The first kappa shape index (κ1) is 24.1. The third-order valence-electron chi connectivity index (χ3n) is 4.37. The Balaban J connectivity index is 2.21. The van der Waals surface area contributed by atoms with Gasteiger partial charge in [-0.05, 0) is 12.8 Å². The second kappa shape index (κ2) is 11.3. The highest BCUT2D eigenvalue weighted by atomic mass is 31.2. The molecule has 1 aliphatic rings. The largest absolute Gasteiger partial charge is 0.756 e. The highest BCUT2D eigenvalue weighted by molar-refractivity contribution is 7.45. The van der Waals surface area contributed by atoms with Crippen molar-refractivity contribution in [1.29, 1.82) is 0 Å². The number of phosphoric ester groups is 1. The molecule has 4 atom stereocenters. The van der Waals surface area contributed by atoms with Gasteiger partial charge in [-0.1, -0.05) is 11.8 Å². The molecule has 1 saturated heterocycles. The van der Waals surface area contributed by atoms with E-state index in [1.807, 2.05) is 0 Å². The standard InChI is InChI=1S/C19H25N2O8P/c1-4-5-6-7-8-9-10-14-12-21(19(23)20-18(14)22)17-11-15(16(28-17)13-26-2)29-30(24,25)27-3/h1,12,15-17H,5-8,11,13H2,2-3H3,(H,24,25)(H,20,22,23)/p-1/t15-,16-,17-/m1/s1. The zero-order chi connectivity index (χ0) is 22.1. The van der Waals surface area contributed by atoms with Gasteiger partial charge in [-0.3, -0.25) is 18.9 Å². The van der Waals surface area contributed by atoms with Gasteiger partial charge in [0.15, 0.2) is 0 Å². The van der Waals surface area contributed by atoms with Crippen LogP contribution in [-0.2, 0) is 23.1 Å². The van der Waals surface area contributed by atoms with E-state index in [9.17, 15) is 19.0 Å². The molecule has 0 aromatic carbocycles. The van der Waals surface area contributed by atoms with Crippen LogP contribution in [0, 0.1) is 24.2 Å². The number of nitrogens with one attached hydrogen (secondary N) is 1. The molecule has 1 aromatic rings. The molecule has 2 heterocycles. The summed E-state index contributed by atoms with van der Waals surface area (Å²) in [6, 6.07) is 0. The normalized spacial score (nSPS) is 22.7. The van der Waals surface area contributed by atoms with Crippen molar-refractivity contribution in [3.05, 3.63) is 32.6 Å². The molecule has 1 fully saturated rings. The van der Waals surface area contributed by atoms with Crippen LogP contribution in [0.4, 0.5) is 0 Å². The number of hydrogen-bond acceptors (Lipinski definition) is 8. The van der Waals surface area contributed by atoms with Gasteiger partial charge >= 0.3 is 5.69 Å². The van der Waals surface area contributed by atoms with E-state index < -0.39 is 37.5 Å². The Morgan fingerprint density at radius 1 is 1.37 bits per heavy atom. The van der Waals surface area contributed by atoms with E-state index in [1.165, 1.54) is 13.3 Å². The highest BCUT2D eigenvalue weighted by Gasteiger charge is 2.39. The molecule has 164 valence electrons. The number of methoxy groups -OCH3 is 1. The second-order valence-corrected chi connectivity index (χ2v) is 7.99. The molecule has 11 heteroatoms. The Morgan fingerprint density at radius 2 is 2.10 bits per heavy atom. The fourth-order valence-corrected chi connectivity index (χ4v) is 3.53. The summed E-state index contributed by atoms with van der Waals surface area (Å²) in [4.78, 5) is 38.2. The summed E-state index contributed by atoms with van der Waals surface area (Å²) < 4.78 is 33.0. The molecule has 1 unspecified atom stereocenters. The van der Waals surface area contributed by atoms with Crippen LogP contribution in [0.25, 0.3) is 0 Å². The minimum absolute atomic E-state index is 0.0223. The number of terminal acetylenes is 1. The summed E-state index contributed by atoms with van der Waals surface area (Å²) in [5.74, 6) is 8.17. The minimum Gasteiger partial charge on any atom is -0.756 e. The fourth-order valence-electron chi connectivity index (χ4n) is 2.89. The zero-order valence-corrected chi connectivity index (χ0v) is 17.7. The highest BCUT2D eigenvalue weighted by Crippen LogP contribution is 2.43. The number of aromatic amines is 1. The van der Waals surface area contributed by atoms with Gasteiger partial charge in [0, 0.05) is 39.7 Å². The van der Waals surface area contributed by atoms with Crippen LogP contribution >= 0.6 is 7.82 Å². The molecule has 1 aromatic heterocycles. The zero-order valence-electron chi connectivity index (χ0n) is 16.8. The first-order valence-corrected chi connectivity index (χ1v) is 10.7. The smallest absolute Gasteiger partial charge is 0.330 e. The average molecular weight is 439 g/mol. The van der Waals surface area contributed by atoms with Gasteiger partial charge in [0.1, 0.15) is 17.9 Å². The van der Waals surface area contributed by atoms with Crippen LogP contribution < -0.4 is 16.1 Å². The molecule has 0 bridgehead atoms. The summed E-state index contributed by atoms with van der Waals surface area (Å²) in [6.45, 7) is 0.0350. The predicted octanol–water partition coefficient (Wildman–Crippen LogP) is 0.516. The van der Waals surface area contributed by atoms with Crippen LogP contribution in [0.5, 0.6) is 0 Å². The summed E-state index contributed by atoms with van der Waals surface area (Å²) in [6.07, 6.45) is 6.79. The van der Waals surface area contributed by atoms with E-state index >= 15 is 0 Å². The Bertz CT molecular complexity index is 983. The van der Waals surface area contributed by atoms with E-state index in [0.29, 0.717) is 12.8 Å². The van der Waals surface area contributed by atoms with Crippen LogP contribution in [0.15, 0.2) is 15.8 Å². The number of phosphoric acid groups is 1. The molecule has 0 spiro atoms. The lowest BCUT2D eigenvalue weighted by molar-refractivity contribution is -0.229. The minimum atomic E-state index is -4.52. The third kappa shape index (κ3) is 6.68. The van der Waals surface area contributed by atoms with Crippen molar-refractivity contribution in [3.8, 4) is 24.2 Å². The second-order valence-electron chi connectivity index (χ2n) is 6.52. The number of ether oxygens (including phenoxy) is 2. The molecule has 0 aliphatic carbocycles. The average Bonchev–Trinajstić information content (AvgIpc) is 3.07. The summed E-state index contributed by atoms with van der Waals surface area (Å²) in [7, 11) is -2.12. The quantitative estimate of drug-likeness (QED) is 0.335. The van der Waals surface area contributed by atoms with Gasteiger partial charge in [-0.15, -0.1) is 12.3 Å². The number of aromatic nitrogens is 2. The topological polar surface area (TPSA) is 132 Å². The maximum Gasteiger partial charge on any atom is 0.330 e. The predicted molar refractivity (Wildman–Crippen MR) is 105 cm³/mol. The van der Waals surface area contributed by atoms with Gasteiger partial charge in [0.2, 0.25) is 0 Å². The molecule has 1 aliphatic heterocycles. The molecule has 30 heavy (non-hydrogen) atoms. The number of H-pyrrole nitrogens is 1. The van der Waals surface area contributed by atoms with Gasteiger partial charge in [-0.25, -0.2) is 4.79 Å². The van der Waals surface area contributed by atoms with Gasteiger partial charge in [0.05, 0.1) is 12.7 Å². The first-order chi connectivity index (χ1) is 14.3. The molecule has 0 amide bonds. The van der Waals surface area contributed by atoms with Gasteiger partial charge in [-0.2, -0.15) is 0 Å². The van der Waals surface area contributed by atoms with E-state index in [1.54, 1.807) is 0 Å². The maximum atomic E-state index is 12.3. The first-order valence-electron chi connectivity index (χ1n) is 9.28. The lowest BCUT2D eigenvalue weighted by atomic mass is 10.2. The molecular weight excluding hydrogens is 415 g/mol. The van der Waals surface area contributed by atoms with Crippen molar-refractivity contribution >= 4 is 7.82 Å². The van der Waals surface area contributed by atoms with Crippen molar-refractivity contribution in [3.63, 3.8) is 0 Å². The maximum absolute atomic E-state index is 12.3. The molecule has 0 saturated carbocycles. The molecule has 10 nitrogen and oxygen atoms in total. The Labute approximate surface area is 174 Å². The SMILES string of the molecule is C#CCCCCC#Cc1cn([C@H]2C[C@@H](OP(=O)([O-])OC)[C@@H](COC)O2)c(=O)[nH]c1=O. The molecule has 0 radical (unpaired) electrons. The summed E-state index contributed by atoms with van der Waals surface area (Å²) in [5, 5.41) is 0. The Hall–Kier alpha value is -2.17. The van der Waals surface area contributed by atoms with E-state index in [-0.39, 0.29) is 18.6 Å². The van der Waals surface area contributed by atoms with Crippen LogP contribution in [0.3, 0.4) is 0 Å². The lowest BCUT2D eigenvalue weighted by Crippen LogP contribution is -2.33. The number of unbranched alkanes of at least 4 members (excludes halogenated alkanes) is 3. The summed E-state index contributed by atoms with van der Waals surface area (Å²) in [5.41, 5.74) is -1.23. The lowest BCUT2D eigenvalue weighted by Gasteiger charge is -2.26. The molecule has 2 rings (SSSR count). The third-order valence-corrected chi connectivity index (χ3v) is 5.35. The van der Waals surface area contributed by atoms with E-state index in [2.05, 4.69) is 27.3 Å². The van der Waals surface area contributed by atoms with Crippen molar-refractivity contribution in [1.82, 2.24) is 9.55 Å². The number of rotatable bonds is 9. The van der Waals surface area contributed by atoms with Crippen LogP contribution in [0.2, 0.25) is 0 Å². The van der Waals surface area contributed by atoms with Crippen molar-refractivity contribution in [2.24, 2.45) is 0 Å². The van der Waals surface area contributed by atoms with Gasteiger partial charge < -0.3 is 23.4 Å². The molecule has 1 N–H and O–H groups in total. The van der Waals surface area contributed by atoms with Gasteiger partial charge in [0.25, 0.3) is 13.4 Å². The van der Waals surface area contributed by atoms with E-state index in [4.69, 9.17) is 20.4 Å². The van der Waals surface area contributed by atoms with Crippen LogP contribution in [-0.4, -0.2) is 42.6 Å². The number of hydrogen-bond donors (Lipinski definition) is 1. The van der Waals surface area contributed by atoms with Crippen LogP contribution in [0.1, 0.15) is 43.9 Å². The molecular formula is C19H24N2O8P-. The monoisotopic (exact) mass is 439 g/mol. The van der Waals surface area contributed by atoms with Crippen molar-refractivity contribution in [2.75, 3.05) is 20.8 Å². The van der Waals surface area contributed by atoms with Crippen molar-refractivity contribution in [2.45, 2.75) is 50.5 Å². The summed E-state index contributed by atoms with van der Waals surface area (Å²) >= 11 is 0. The fraction of sp³-hybridized carbons (Fsp3) is 0.579. The number of nitrogens with zero attached hydrogens (tertiary/aromatic N) is 1. The Morgan fingerprint density at radius 3 is 2.77 bits per heavy atom. The Kier molecular flexibility index (Phi) is 9.07. The van der Waals surface area contributed by atoms with Crippen molar-refractivity contribution < 1.29 is 28.0 Å². The van der Waals surface area contributed by atoms with E-state index in [0.717, 1.165) is 24.5 Å².